The third-order valence-corrected chi connectivity index (χ3v) is 3.51. The quantitative estimate of drug-likeness (QED) is 0.838. The van der Waals surface area contributed by atoms with Gasteiger partial charge in [-0.05, 0) is 31.9 Å². The first-order valence-corrected chi connectivity index (χ1v) is 6.78. The van der Waals surface area contributed by atoms with Crippen LogP contribution in [0.15, 0.2) is 24.3 Å². The van der Waals surface area contributed by atoms with E-state index in [2.05, 4.69) is 5.32 Å². The maximum absolute atomic E-state index is 12.0. The Balaban J connectivity index is 2.17. The monoisotopic (exact) mass is 279 g/mol. The van der Waals surface area contributed by atoms with E-state index in [0.29, 0.717) is 5.75 Å². The van der Waals surface area contributed by atoms with Gasteiger partial charge >= 0.3 is 5.97 Å². The summed E-state index contributed by atoms with van der Waals surface area (Å²) >= 11 is 0. The summed E-state index contributed by atoms with van der Waals surface area (Å²) in [6.07, 6.45) is 1.78. The number of rotatable bonds is 5. The van der Waals surface area contributed by atoms with E-state index in [-0.39, 0.29) is 18.2 Å². The van der Waals surface area contributed by atoms with Gasteiger partial charge in [-0.15, -0.1) is 0 Å². The molecular formula is C15H21NO4. The van der Waals surface area contributed by atoms with E-state index in [1.54, 1.807) is 7.11 Å². The zero-order valence-electron chi connectivity index (χ0n) is 12.1. The smallest absolute Gasteiger partial charge is 0.331 e. The first-order valence-electron chi connectivity index (χ1n) is 6.78. The molecule has 3 unspecified atom stereocenters. The summed E-state index contributed by atoms with van der Waals surface area (Å²) in [7, 11) is 2.99. The van der Waals surface area contributed by atoms with Crippen LogP contribution < -0.4 is 10.1 Å². The molecule has 1 aromatic carbocycles. The third-order valence-electron chi connectivity index (χ3n) is 3.51. The first-order chi connectivity index (χ1) is 9.65. The van der Waals surface area contributed by atoms with Gasteiger partial charge in [0.2, 0.25) is 0 Å². The lowest BCUT2D eigenvalue weighted by molar-refractivity contribution is -0.144. The molecule has 3 atom stereocenters. The van der Waals surface area contributed by atoms with Gasteiger partial charge in [0, 0.05) is 0 Å². The average molecular weight is 279 g/mol. The van der Waals surface area contributed by atoms with Gasteiger partial charge in [0.05, 0.1) is 32.1 Å². The third kappa shape index (κ3) is 3.22. The largest absolute Gasteiger partial charge is 0.495 e. The molecular weight excluding hydrogens is 258 g/mol. The van der Waals surface area contributed by atoms with Crippen LogP contribution in [-0.4, -0.2) is 38.4 Å². The lowest BCUT2D eigenvalue weighted by Gasteiger charge is -2.24. The van der Waals surface area contributed by atoms with Gasteiger partial charge in [0.1, 0.15) is 5.75 Å². The van der Waals surface area contributed by atoms with Crippen molar-refractivity contribution in [3.05, 3.63) is 24.3 Å². The van der Waals surface area contributed by atoms with Gasteiger partial charge in [-0.3, -0.25) is 0 Å². The predicted molar refractivity (Wildman–Crippen MR) is 76.0 cm³/mol. The van der Waals surface area contributed by atoms with E-state index in [0.717, 1.165) is 18.5 Å². The van der Waals surface area contributed by atoms with Crippen LogP contribution in [0.25, 0.3) is 0 Å². The van der Waals surface area contributed by atoms with Crippen molar-refractivity contribution < 1.29 is 19.0 Å². The Morgan fingerprint density at radius 2 is 2.10 bits per heavy atom. The Labute approximate surface area is 119 Å². The number of benzene rings is 1. The molecule has 0 radical (unpaired) electrons. The molecule has 0 aromatic heterocycles. The second-order valence-electron chi connectivity index (χ2n) is 4.91. The second-order valence-corrected chi connectivity index (χ2v) is 4.91. The Morgan fingerprint density at radius 3 is 2.70 bits per heavy atom. The fourth-order valence-electron chi connectivity index (χ4n) is 2.44. The van der Waals surface area contributed by atoms with Gasteiger partial charge in [0.25, 0.3) is 0 Å². The summed E-state index contributed by atoms with van der Waals surface area (Å²) in [5.74, 6) is 0.363. The summed E-state index contributed by atoms with van der Waals surface area (Å²) in [6.45, 7) is 2.01. The van der Waals surface area contributed by atoms with E-state index in [4.69, 9.17) is 14.2 Å². The zero-order chi connectivity index (χ0) is 14.5. The number of hydrogen-bond acceptors (Lipinski definition) is 5. The number of nitrogens with one attached hydrogen (secondary N) is 1. The molecule has 1 fully saturated rings. The second kappa shape index (κ2) is 6.61. The molecule has 0 bridgehead atoms. The van der Waals surface area contributed by atoms with Gasteiger partial charge in [-0.2, -0.15) is 0 Å². The number of para-hydroxylation sites is 2. The van der Waals surface area contributed by atoms with Crippen molar-refractivity contribution >= 4 is 11.7 Å². The molecule has 1 N–H and O–H groups in total. The van der Waals surface area contributed by atoms with Crippen LogP contribution in [0.3, 0.4) is 0 Å². The van der Waals surface area contributed by atoms with E-state index in [9.17, 15) is 4.79 Å². The molecule has 1 saturated heterocycles. The highest BCUT2D eigenvalue weighted by Gasteiger charge is 2.35. The SMILES string of the molecule is COC(=O)C(Nc1ccccc1OC)C1CCC(C)O1. The Hall–Kier alpha value is -1.75. The summed E-state index contributed by atoms with van der Waals surface area (Å²) < 4.78 is 16.0. The van der Waals surface area contributed by atoms with Gasteiger partial charge in [-0.1, -0.05) is 12.1 Å². The number of esters is 1. The summed E-state index contributed by atoms with van der Waals surface area (Å²) in [5.41, 5.74) is 0.758. The van der Waals surface area contributed by atoms with E-state index in [1.807, 2.05) is 31.2 Å². The molecule has 0 aliphatic carbocycles. The number of methoxy groups -OCH3 is 2. The lowest BCUT2D eigenvalue weighted by atomic mass is 10.1. The van der Waals surface area contributed by atoms with Crippen molar-refractivity contribution in [2.75, 3.05) is 19.5 Å². The minimum absolute atomic E-state index is 0.173. The molecule has 2 rings (SSSR count). The molecule has 1 heterocycles. The van der Waals surface area contributed by atoms with Crippen molar-refractivity contribution in [3.63, 3.8) is 0 Å². The fraction of sp³-hybridized carbons (Fsp3) is 0.533. The van der Waals surface area contributed by atoms with Crippen molar-refractivity contribution in [2.45, 2.75) is 38.0 Å². The molecule has 1 aliphatic heterocycles. The first kappa shape index (κ1) is 14.7. The maximum Gasteiger partial charge on any atom is 0.331 e. The fourth-order valence-corrected chi connectivity index (χ4v) is 2.44. The highest BCUT2D eigenvalue weighted by atomic mass is 16.5. The van der Waals surface area contributed by atoms with Crippen molar-refractivity contribution in [3.8, 4) is 5.75 Å². The zero-order valence-corrected chi connectivity index (χ0v) is 12.1. The van der Waals surface area contributed by atoms with Crippen LogP contribution in [0.1, 0.15) is 19.8 Å². The molecule has 20 heavy (non-hydrogen) atoms. The molecule has 0 amide bonds. The average Bonchev–Trinajstić information content (AvgIpc) is 2.90. The molecule has 110 valence electrons. The minimum atomic E-state index is -0.527. The molecule has 0 saturated carbocycles. The lowest BCUT2D eigenvalue weighted by Crippen LogP contribution is -2.41. The van der Waals surface area contributed by atoms with Crippen LogP contribution in [0, 0.1) is 0 Å². The van der Waals surface area contributed by atoms with Crippen LogP contribution >= 0.6 is 0 Å². The normalized spacial score (nSPS) is 23.1. The molecule has 5 nitrogen and oxygen atoms in total. The Kier molecular flexibility index (Phi) is 4.84. The molecule has 0 spiro atoms. The molecule has 5 heteroatoms. The summed E-state index contributed by atoms with van der Waals surface area (Å²) in [6, 6.07) is 6.95. The Bertz CT molecular complexity index is 463. The molecule has 1 aromatic rings. The maximum atomic E-state index is 12.0. The topological polar surface area (TPSA) is 56.8 Å². The van der Waals surface area contributed by atoms with Gasteiger partial charge < -0.3 is 19.5 Å². The minimum Gasteiger partial charge on any atom is -0.495 e. The number of carbonyl (C=O) groups is 1. The number of ether oxygens (including phenoxy) is 3. The van der Waals surface area contributed by atoms with Crippen LogP contribution in [0.4, 0.5) is 5.69 Å². The van der Waals surface area contributed by atoms with Gasteiger partial charge in [-0.25, -0.2) is 4.79 Å². The van der Waals surface area contributed by atoms with Crippen molar-refractivity contribution in [1.82, 2.24) is 0 Å². The van der Waals surface area contributed by atoms with Crippen LogP contribution in [-0.2, 0) is 14.3 Å². The number of anilines is 1. The standard InChI is InChI=1S/C15H21NO4/c1-10-8-9-13(20-10)14(15(17)19-3)16-11-6-4-5-7-12(11)18-2/h4-7,10,13-14,16H,8-9H2,1-3H3. The van der Waals surface area contributed by atoms with Crippen LogP contribution in [0.2, 0.25) is 0 Å². The van der Waals surface area contributed by atoms with Crippen LogP contribution in [0.5, 0.6) is 5.75 Å². The highest BCUT2D eigenvalue weighted by Crippen LogP contribution is 2.28. The van der Waals surface area contributed by atoms with Crippen molar-refractivity contribution in [1.29, 1.82) is 0 Å². The number of hydrogen-bond donors (Lipinski definition) is 1. The predicted octanol–water partition coefficient (Wildman–Crippen LogP) is 2.22. The highest BCUT2D eigenvalue weighted by molar-refractivity contribution is 5.81. The van der Waals surface area contributed by atoms with E-state index >= 15 is 0 Å². The van der Waals surface area contributed by atoms with E-state index in [1.165, 1.54) is 7.11 Å². The van der Waals surface area contributed by atoms with Crippen molar-refractivity contribution in [2.24, 2.45) is 0 Å². The summed E-state index contributed by atoms with van der Waals surface area (Å²) in [4.78, 5) is 12.0. The Morgan fingerprint density at radius 1 is 1.35 bits per heavy atom. The molecule has 1 aliphatic rings. The van der Waals surface area contributed by atoms with E-state index < -0.39 is 6.04 Å². The summed E-state index contributed by atoms with van der Waals surface area (Å²) in [5, 5.41) is 3.19. The number of carbonyl (C=O) groups excluding carboxylic acids is 1. The van der Waals surface area contributed by atoms with Gasteiger partial charge in [0.15, 0.2) is 6.04 Å².